The summed E-state index contributed by atoms with van der Waals surface area (Å²) in [7, 11) is -1.98. The van der Waals surface area contributed by atoms with Crippen molar-refractivity contribution in [1.29, 1.82) is 0 Å². The highest BCUT2D eigenvalue weighted by molar-refractivity contribution is 7.89. The van der Waals surface area contributed by atoms with Crippen LogP contribution in [0.1, 0.15) is 6.42 Å². The standard InChI is InChI=1S/C11H17N3O3S.ClH/c1-17-11-3-2-10(8-13-11)18(15,16)14-7-9-4-5-12-6-9;/h2-3,8-9,12,14H,4-7H2,1H3;1H. The second kappa shape index (κ2) is 7.04. The van der Waals surface area contributed by atoms with Crippen LogP contribution in [0.25, 0.3) is 0 Å². The third-order valence-electron chi connectivity index (χ3n) is 2.95. The Morgan fingerprint density at radius 2 is 2.32 bits per heavy atom. The Labute approximate surface area is 119 Å². The maximum atomic E-state index is 12.0. The number of sulfonamides is 1. The molecule has 2 heterocycles. The van der Waals surface area contributed by atoms with Gasteiger partial charge in [0.05, 0.1) is 13.3 Å². The highest BCUT2D eigenvalue weighted by atomic mass is 35.5. The predicted molar refractivity (Wildman–Crippen MR) is 74.2 cm³/mol. The number of nitrogens with zero attached hydrogens (tertiary/aromatic N) is 1. The summed E-state index contributed by atoms with van der Waals surface area (Å²) < 4.78 is 31.4. The van der Waals surface area contributed by atoms with Gasteiger partial charge < -0.3 is 10.1 Å². The lowest BCUT2D eigenvalue weighted by atomic mass is 10.1. The molecular formula is C11H18ClN3O3S. The minimum Gasteiger partial charge on any atom is -0.481 e. The van der Waals surface area contributed by atoms with Gasteiger partial charge in [-0.3, -0.25) is 0 Å². The lowest BCUT2D eigenvalue weighted by Gasteiger charge is -2.10. The van der Waals surface area contributed by atoms with Gasteiger partial charge in [-0.2, -0.15) is 0 Å². The van der Waals surface area contributed by atoms with Crippen molar-refractivity contribution in [2.75, 3.05) is 26.7 Å². The highest BCUT2D eigenvalue weighted by Crippen LogP contribution is 2.13. The molecule has 0 aliphatic carbocycles. The molecule has 1 aliphatic rings. The van der Waals surface area contributed by atoms with Gasteiger partial charge in [0.2, 0.25) is 15.9 Å². The summed E-state index contributed by atoms with van der Waals surface area (Å²) in [4.78, 5) is 4.05. The smallest absolute Gasteiger partial charge is 0.242 e. The van der Waals surface area contributed by atoms with Crippen molar-refractivity contribution in [2.24, 2.45) is 5.92 Å². The van der Waals surface area contributed by atoms with Crippen LogP contribution in [0.2, 0.25) is 0 Å². The zero-order chi connectivity index (χ0) is 13.0. The fourth-order valence-corrected chi connectivity index (χ4v) is 2.91. The molecule has 1 fully saturated rings. The third-order valence-corrected chi connectivity index (χ3v) is 4.36. The molecular weight excluding hydrogens is 290 g/mol. The average Bonchev–Trinajstić information content (AvgIpc) is 2.90. The van der Waals surface area contributed by atoms with Crippen molar-refractivity contribution in [3.8, 4) is 5.88 Å². The minimum absolute atomic E-state index is 0. The number of methoxy groups -OCH3 is 1. The molecule has 1 aliphatic heterocycles. The van der Waals surface area contributed by atoms with E-state index in [1.807, 2.05) is 0 Å². The summed E-state index contributed by atoms with van der Waals surface area (Å²) >= 11 is 0. The Kier molecular flexibility index (Phi) is 5.99. The second-order valence-electron chi connectivity index (χ2n) is 4.25. The second-order valence-corrected chi connectivity index (χ2v) is 6.01. The number of aromatic nitrogens is 1. The van der Waals surface area contributed by atoms with Gasteiger partial charge in [-0.1, -0.05) is 0 Å². The van der Waals surface area contributed by atoms with Crippen molar-refractivity contribution < 1.29 is 13.2 Å². The Morgan fingerprint density at radius 1 is 1.53 bits per heavy atom. The molecule has 2 rings (SSSR count). The maximum Gasteiger partial charge on any atom is 0.242 e. The van der Waals surface area contributed by atoms with Crippen LogP contribution >= 0.6 is 12.4 Å². The Balaban J connectivity index is 0.00000180. The first kappa shape index (κ1) is 16.2. The van der Waals surface area contributed by atoms with Gasteiger partial charge in [-0.25, -0.2) is 18.1 Å². The number of nitrogens with one attached hydrogen (secondary N) is 2. The van der Waals surface area contributed by atoms with E-state index in [1.54, 1.807) is 0 Å². The molecule has 1 saturated heterocycles. The molecule has 2 N–H and O–H groups in total. The van der Waals surface area contributed by atoms with Gasteiger partial charge in [0, 0.05) is 12.6 Å². The van der Waals surface area contributed by atoms with Gasteiger partial charge in [0.15, 0.2) is 0 Å². The van der Waals surface area contributed by atoms with Crippen LogP contribution in [-0.4, -0.2) is 40.1 Å². The summed E-state index contributed by atoms with van der Waals surface area (Å²) in [6.45, 7) is 2.28. The molecule has 0 aromatic carbocycles. The zero-order valence-corrected chi connectivity index (χ0v) is 12.3. The van der Waals surface area contributed by atoms with Crippen molar-refractivity contribution in [3.05, 3.63) is 18.3 Å². The lowest BCUT2D eigenvalue weighted by molar-refractivity contribution is 0.397. The van der Waals surface area contributed by atoms with E-state index in [2.05, 4.69) is 15.0 Å². The quantitative estimate of drug-likeness (QED) is 0.823. The van der Waals surface area contributed by atoms with E-state index in [0.717, 1.165) is 19.5 Å². The van der Waals surface area contributed by atoms with Gasteiger partial charge in [-0.05, 0) is 31.5 Å². The van der Waals surface area contributed by atoms with Gasteiger partial charge in [-0.15, -0.1) is 12.4 Å². The maximum absolute atomic E-state index is 12.0. The van der Waals surface area contributed by atoms with Crippen LogP contribution < -0.4 is 14.8 Å². The van der Waals surface area contributed by atoms with Gasteiger partial charge >= 0.3 is 0 Å². The molecule has 6 nitrogen and oxygen atoms in total. The molecule has 1 unspecified atom stereocenters. The van der Waals surface area contributed by atoms with Crippen molar-refractivity contribution in [3.63, 3.8) is 0 Å². The average molecular weight is 308 g/mol. The fourth-order valence-electron chi connectivity index (χ4n) is 1.85. The zero-order valence-electron chi connectivity index (χ0n) is 10.6. The molecule has 1 atom stereocenters. The fraction of sp³-hybridized carbons (Fsp3) is 0.545. The summed E-state index contributed by atoms with van der Waals surface area (Å²) in [5, 5.41) is 3.20. The number of halogens is 1. The molecule has 1 aromatic heterocycles. The molecule has 19 heavy (non-hydrogen) atoms. The van der Waals surface area contributed by atoms with E-state index in [0.29, 0.717) is 18.3 Å². The summed E-state index contributed by atoms with van der Waals surface area (Å²) in [6, 6.07) is 3.02. The molecule has 0 radical (unpaired) electrons. The van der Waals surface area contributed by atoms with E-state index in [-0.39, 0.29) is 17.3 Å². The SMILES string of the molecule is COc1ccc(S(=O)(=O)NCC2CCNC2)cn1.Cl. The number of hydrogen-bond donors (Lipinski definition) is 2. The van der Waals surface area contributed by atoms with Gasteiger partial charge in [0.1, 0.15) is 4.90 Å². The first-order chi connectivity index (χ1) is 8.62. The molecule has 108 valence electrons. The summed E-state index contributed by atoms with van der Waals surface area (Å²) in [6.07, 6.45) is 2.30. The summed E-state index contributed by atoms with van der Waals surface area (Å²) in [5.41, 5.74) is 0. The van der Waals surface area contributed by atoms with Crippen LogP contribution in [0.5, 0.6) is 5.88 Å². The van der Waals surface area contributed by atoms with E-state index >= 15 is 0 Å². The highest BCUT2D eigenvalue weighted by Gasteiger charge is 2.19. The molecule has 0 bridgehead atoms. The Morgan fingerprint density at radius 3 is 2.84 bits per heavy atom. The van der Waals surface area contributed by atoms with Crippen LogP contribution in [0.15, 0.2) is 23.2 Å². The summed E-state index contributed by atoms with van der Waals surface area (Å²) in [5.74, 6) is 0.764. The number of pyridine rings is 1. The largest absolute Gasteiger partial charge is 0.481 e. The Bertz CT molecular complexity index is 486. The first-order valence-corrected chi connectivity index (χ1v) is 7.30. The van der Waals surface area contributed by atoms with Crippen molar-refractivity contribution in [2.45, 2.75) is 11.3 Å². The molecule has 0 amide bonds. The normalized spacial score (nSPS) is 18.9. The van der Waals surface area contributed by atoms with Crippen molar-refractivity contribution >= 4 is 22.4 Å². The lowest BCUT2D eigenvalue weighted by Crippen LogP contribution is -2.30. The molecule has 0 saturated carbocycles. The molecule has 8 heteroatoms. The Hall–Kier alpha value is -0.890. The molecule has 0 spiro atoms. The van der Waals surface area contributed by atoms with Crippen LogP contribution in [-0.2, 0) is 10.0 Å². The predicted octanol–water partition coefficient (Wildman–Crippen LogP) is 0.400. The third kappa shape index (κ3) is 4.31. The number of hydrogen-bond acceptors (Lipinski definition) is 5. The topological polar surface area (TPSA) is 80.3 Å². The van der Waals surface area contributed by atoms with Gasteiger partial charge in [0.25, 0.3) is 0 Å². The van der Waals surface area contributed by atoms with Crippen LogP contribution in [0.4, 0.5) is 0 Å². The number of rotatable bonds is 5. The van der Waals surface area contributed by atoms with E-state index in [4.69, 9.17) is 4.74 Å². The van der Waals surface area contributed by atoms with E-state index < -0.39 is 10.0 Å². The van der Waals surface area contributed by atoms with E-state index in [1.165, 1.54) is 25.4 Å². The van der Waals surface area contributed by atoms with Crippen LogP contribution in [0.3, 0.4) is 0 Å². The van der Waals surface area contributed by atoms with Crippen molar-refractivity contribution in [1.82, 2.24) is 15.0 Å². The minimum atomic E-state index is -3.47. The number of ether oxygens (including phenoxy) is 1. The van der Waals surface area contributed by atoms with Crippen LogP contribution in [0, 0.1) is 5.92 Å². The molecule has 1 aromatic rings. The monoisotopic (exact) mass is 307 g/mol. The van der Waals surface area contributed by atoms with E-state index in [9.17, 15) is 8.42 Å². The first-order valence-electron chi connectivity index (χ1n) is 5.82.